The largest absolute Gasteiger partial charge is 1.00 e. The summed E-state index contributed by atoms with van der Waals surface area (Å²) in [6.07, 6.45) is -0.526. The maximum atomic E-state index is 13.4. The monoisotopic (exact) mass is 462 g/mol. The maximum Gasteiger partial charge on any atom is 1.00 e. The van der Waals surface area contributed by atoms with Gasteiger partial charge in [0.15, 0.2) is 11.5 Å². The first-order valence-corrected chi connectivity index (χ1v) is 12.8. The van der Waals surface area contributed by atoms with Gasteiger partial charge in [0.25, 0.3) is 0 Å². The van der Waals surface area contributed by atoms with Gasteiger partial charge in [0.2, 0.25) is 0 Å². The molecule has 0 aliphatic heterocycles. The Labute approximate surface area is 214 Å². The molecule has 0 saturated heterocycles. The van der Waals surface area contributed by atoms with E-state index in [2.05, 4.69) is 78.6 Å². The summed E-state index contributed by atoms with van der Waals surface area (Å²) in [5.74, 6) is 3.48. The van der Waals surface area contributed by atoms with E-state index in [9.17, 15) is 5.11 Å². The number of ether oxygens (including phenoxy) is 2. The molecule has 0 spiro atoms. The summed E-state index contributed by atoms with van der Waals surface area (Å²) in [6, 6.07) is 37.1. The fraction of sp³-hybridized carbons (Fsp3) is 0.138. The molecule has 5 heteroatoms. The van der Waals surface area contributed by atoms with Crippen molar-refractivity contribution in [3.63, 3.8) is 0 Å². The van der Waals surface area contributed by atoms with Gasteiger partial charge in [-0.3, -0.25) is 0 Å². The summed E-state index contributed by atoms with van der Waals surface area (Å²) in [4.78, 5) is 0. The van der Waals surface area contributed by atoms with Crippen LogP contribution in [-0.2, 0) is 0 Å². The molecule has 0 saturated carbocycles. The molecule has 0 fully saturated rings. The minimum Gasteiger partial charge on any atom is -0.848 e. The van der Waals surface area contributed by atoms with E-state index < -0.39 is 13.0 Å². The summed E-state index contributed by atoms with van der Waals surface area (Å²) in [7, 11) is 3.18. The van der Waals surface area contributed by atoms with Crippen LogP contribution in [0.3, 0.4) is 0 Å². The van der Waals surface area contributed by atoms with E-state index in [4.69, 9.17) is 9.47 Å². The zero-order chi connectivity index (χ0) is 23.1. The molecular weight excluding hydrogens is 434 g/mol. The Morgan fingerprint density at radius 2 is 1.12 bits per heavy atom. The second-order valence-corrected chi connectivity index (χ2v) is 11.1. The van der Waals surface area contributed by atoms with Crippen molar-refractivity contribution in [3.8, 4) is 11.5 Å². The molecule has 0 radical (unpaired) electrons. The second-order valence-electron chi connectivity index (χ2n) is 7.75. The van der Waals surface area contributed by atoms with Crippen LogP contribution in [0.1, 0.15) is 18.1 Å². The molecular formula is C29H28LiO3P. The van der Waals surface area contributed by atoms with Crippen LogP contribution in [0.2, 0.25) is 0 Å². The zero-order valence-corrected chi connectivity index (χ0v) is 20.8. The molecule has 1 atom stereocenters. The predicted molar refractivity (Wildman–Crippen MR) is 138 cm³/mol. The number of hydrogen-bond acceptors (Lipinski definition) is 3. The van der Waals surface area contributed by atoms with Gasteiger partial charge >= 0.3 is 18.9 Å². The van der Waals surface area contributed by atoms with Crippen molar-refractivity contribution in [2.75, 3.05) is 14.2 Å². The number of hydrogen-bond donors (Lipinski definition) is 0. The SMILES string of the molecule is COc1ccc(C([O-])CC=P(c2ccccc2)(c2ccccc2)c2ccccc2)cc1OC.[Li+]. The van der Waals surface area contributed by atoms with Gasteiger partial charge in [-0.1, -0.05) is 115 Å². The van der Waals surface area contributed by atoms with Crippen LogP contribution in [0.5, 0.6) is 11.5 Å². The molecule has 4 rings (SSSR count). The zero-order valence-electron chi connectivity index (χ0n) is 19.9. The van der Waals surface area contributed by atoms with Gasteiger partial charge in [0.1, 0.15) is 0 Å². The van der Waals surface area contributed by atoms with Gasteiger partial charge in [0.05, 0.1) is 14.2 Å². The number of benzene rings is 4. The van der Waals surface area contributed by atoms with E-state index in [-0.39, 0.29) is 18.9 Å². The normalized spacial score (nSPS) is 11.7. The summed E-state index contributed by atoms with van der Waals surface area (Å²) in [6.45, 7) is -2.14. The van der Waals surface area contributed by atoms with Crippen LogP contribution >= 0.6 is 6.89 Å². The first-order valence-electron chi connectivity index (χ1n) is 11.0. The average molecular weight is 462 g/mol. The van der Waals surface area contributed by atoms with Gasteiger partial charge in [-0.25, -0.2) is 0 Å². The molecule has 0 amide bonds. The Bertz CT molecular complexity index is 1120. The summed E-state index contributed by atoms with van der Waals surface area (Å²) < 4.78 is 10.7. The minimum absolute atomic E-state index is 0. The minimum atomic E-state index is -2.14. The summed E-state index contributed by atoms with van der Waals surface area (Å²) in [5, 5.41) is 17.1. The summed E-state index contributed by atoms with van der Waals surface area (Å²) >= 11 is 0. The molecule has 0 heterocycles. The van der Waals surface area contributed by atoms with Crippen molar-refractivity contribution < 1.29 is 33.4 Å². The van der Waals surface area contributed by atoms with Crippen LogP contribution in [-0.4, -0.2) is 20.0 Å². The van der Waals surface area contributed by atoms with E-state index in [0.29, 0.717) is 23.5 Å². The molecule has 0 aromatic heterocycles. The van der Waals surface area contributed by atoms with Gasteiger partial charge in [0, 0.05) is 0 Å². The molecule has 0 aliphatic rings. The topological polar surface area (TPSA) is 41.5 Å². The number of rotatable bonds is 8. The maximum absolute atomic E-state index is 13.4. The average Bonchev–Trinajstić information content (AvgIpc) is 2.90. The van der Waals surface area contributed by atoms with Crippen LogP contribution in [0.4, 0.5) is 0 Å². The van der Waals surface area contributed by atoms with Crippen molar-refractivity contribution in [1.82, 2.24) is 0 Å². The molecule has 0 bridgehead atoms. The molecule has 3 nitrogen and oxygen atoms in total. The molecule has 1 unspecified atom stereocenters. The van der Waals surface area contributed by atoms with Crippen molar-refractivity contribution in [1.29, 1.82) is 0 Å². The molecule has 4 aromatic rings. The number of methoxy groups -OCH3 is 2. The van der Waals surface area contributed by atoms with Crippen molar-refractivity contribution in [3.05, 3.63) is 115 Å². The third-order valence-corrected chi connectivity index (χ3v) is 9.96. The molecule has 168 valence electrons. The quantitative estimate of drug-likeness (QED) is 0.293. The van der Waals surface area contributed by atoms with Crippen LogP contribution in [0, 0.1) is 0 Å². The van der Waals surface area contributed by atoms with Gasteiger partial charge in [-0.05, 0) is 41.4 Å². The molecule has 4 aromatic carbocycles. The predicted octanol–water partition coefficient (Wildman–Crippen LogP) is 1.30. The van der Waals surface area contributed by atoms with Crippen molar-refractivity contribution in [2.45, 2.75) is 12.5 Å². The fourth-order valence-corrected chi connectivity index (χ4v) is 8.16. The third-order valence-electron chi connectivity index (χ3n) is 5.86. The van der Waals surface area contributed by atoms with E-state index in [1.165, 1.54) is 15.9 Å². The van der Waals surface area contributed by atoms with Crippen LogP contribution < -0.4 is 49.4 Å². The van der Waals surface area contributed by atoms with Crippen LogP contribution in [0.15, 0.2) is 109 Å². The Morgan fingerprint density at radius 1 is 0.676 bits per heavy atom. The standard InChI is InChI=1S/C29H28O3P.Li/c1-31-28-19-18-23(22-29(28)32-2)27(30)20-21-33(24-12-6-3-7-13-24,25-14-8-4-9-15-25)26-16-10-5-11-17-26;/h3-19,21-22,27H,20H2,1-2H3;/q-1;+1. The van der Waals surface area contributed by atoms with Gasteiger partial charge < -0.3 is 14.6 Å². The van der Waals surface area contributed by atoms with E-state index in [0.717, 1.165) is 0 Å². The molecule has 34 heavy (non-hydrogen) atoms. The van der Waals surface area contributed by atoms with E-state index in [1.54, 1.807) is 26.4 Å². The first kappa shape index (κ1) is 26.0. The van der Waals surface area contributed by atoms with Crippen molar-refractivity contribution >= 4 is 28.6 Å². The Balaban J connectivity index is 0.00000324. The van der Waals surface area contributed by atoms with Crippen LogP contribution in [0.25, 0.3) is 0 Å². The Kier molecular flexibility index (Phi) is 9.28. The smallest absolute Gasteiger partial charge is 0.848 e. The van der Waals surface area contributed by atoms with E-state index >= 15 is 0 Å². The molecule has 0 N–H and O–H groups in total. The van der Waals surface area contributed by atoms with E-state index in [1.807, 2.05) is 24.3 Å². The second kappa shape index (κ2) is 12.2. The Morgan fingerprint density at radius 3 is 1.53 bits per heavy atom. The Hall–Kier alpha value is -2.66. The van der Waals surface area contributed by atoms with Crippen molar-refractivity contribution in [2.24, 2.45) is 0 Å². The van der Waals surface area contributed by atoms with Gasteiger partial charge in [-0.2, -0.15) is 0 Å². The first-order chi connectivity index (χ1) is 16.2. The fourth-order valence-electron chi connectivity index (χ4n) is 4.20. The van der Waals surface area contributed by atoms with Gasteiger partial charge in [-0.15, -0.1) is 0 Å². The third kappa shape index (κ3) is 5.35. The molecule has 0 aliphatic carbocycles. The summed E-state index contributed by atoms with van der Waals surface area (Å²) in [5.41, 5.74) is 0.691.